The van der Waals surface area contributed by atoms with Crippen molar-refractivity contribution in [2.75, 3.05) is 13.2 Å². The molecule has 3 aromatic rings. The Bertz CT molecular complexity index is 815. The Hall–Kier alpha value is -1.30. The second kappa shape index (κ2) is 7.94. The Kier molecular flexibility index (Phi) is 5.87. The van der Waals surface area contributed by atoms with Gasteiger partial charge in [-0.3, -0.25) is 0 Å². The van der Waals surface area contributed by atoms with Crippen LogP contribution in [0.1, 0.15) is 13.3 Å². The zero-order valence-electron chi connectivity index (χ0n) is 14.1. The molecule has 25 heavy (non-hydrogen) atoms. The van der Waals surface area contributed by atoms with Gasteiger partial charge >= 0.3 is 0 Å². The molecule has 4 nitrogen and oxygen atoms in total. The molecule has 1 aromatic heterocycles. The van der Waals surface area contributed by atoms with Crippen LogP contribution in [0.25, 0.3) is 21.8 Å². The van der Waals surface area contributed by atoms with Gasteiger partial charge in [0, 0.05) is 31.9 Å². The van der Waals surface area contributed by atoms with Gasteiger partial charge in [0.15, 0.2) is 0 Å². The molecule has 134 valence electrons. The number of rotatable bonds is 7. The number of halogens is 2. The molecule has 0 amide bonds. The van der Waals surface area contributed by atoms with Crippen LogP contribution in [-0.4, -0.2) is 40.1 Å². The average molecular weight is 382 g/mol. The molecule has 0 spiro atoms. The van der Waals surface area contributed by atoms with Crippen LogP contribution < -0.4 is 5.32 Å². The van der Waals surface area contributed by atoms with Crippen molar-refractivity contribution >= 4 is 45.0 Å². The minimum absolute atomic E-state index is 0.121. The summed E-state index contributed by atoms with van der Waals surface area (Å²) >= 11 is 12.3. The Morgan fingerprint density at radius 3 is 2.08 bits per heavy atom. The molecule has 0 bridgehead atoms. The molecule has 6 heteroatoms. The third-order valence-corrected chi connectivity index (χ3v) is 5.15. The van der Waals surface area contributed by atoms with E-state index in [0.717, 1.165) is 28.2 Å². The molecule has 0 aliphatic heterocycles. The maximum Gasteiger partial charge on any atom is 0.121 e. The number of fused-ring (bicyclic) bond motifs is 3. The predicted molar refractivity (Wildman–Crippen MR) is 103 cm³/mol. The van der Waals surface area contributed by atoms with Crippen LogP contribution in [0.3, 0.4) is 0 Å². The fraction of sp³-hybridized carbons (Fsp3) is 0.368. The van der Waals surface area contributed by atoms with E-state index in [9.17, 15) is 10.2 Å². The van der Waals surface area contributed by atoms with Crippen molar-refractivity contribution in [1.29, 1.82) is 0 Å². The summed E-state index contributed by atoms with van der Waals surface area (Å²) < 4.78 is 2.11. The van der Waals surface area contributed by atoms with E-state index in [1.165, 1.54) is 0 Å². The Morgan fingerprint density at radius 2 is 1.60 bits per heavy atom. The normalized spacial score (nSPS) is 14.3. The van der Waals surface area contributed by atoms with Crippen LogP contribution in [0, 0.1) is 0 Å². The van der Waals surface area contributed by atoms with Crippen molar-refractivity contribution in [3.8, 4) is 0 Å². The largest absolute Gasteiger partial charge is 0.390 e. The van der Waals surface area contributed by atoms with E-state index in [2.05, 4.69) is 4.57 Å². The molecule has 2 atom stereocenters. The number of aromatic nitrogens is 1. The van der Waals surface area contributed by atoms with Gasteiger partial charge in [-0.1, -0.05) is 30.1 Å². The lowest BCUT2D eigenvalue weighted by atomic mass is 10.1. The van der Waals surface area contributed by atoms with Crippen LogP contribution in [0.15, 0.2) is 36.4 Å². The molecular weight excluding hydrogens is 359 g/mol. The summed E-state index contributed by atoms with van der Waals surface area (Å²) in [6.07, 6.45) is 0.348. The molecule has 4 N–H and O–H groups in total. The summed E-state index contributed by atoms with van der Waals surface area (Å²) in [5, 5.41) is 25.2. The van der Waals surface area contributed by atoms with Crippen molar-refractivity contribution < 1.29 is 15.5 Å². The highest BCUT2D eigenvalue weighted by Gasteiger charge is 2.17. The van der Waals surface area contributed by atoms with Crippen LogP contribution in [-0.2, 0) is 6.54 Å². The maximum absolute atomic E-state index is 10.5. The van der Waals surface area contributed by atoms with Crippen molar-refractivity contribution in [1.82, 2.24) is 4.57 Å². The number of nitrogens with zero attached hydrogens (tertiary/aromatic N) is 1. The summed E-state index contributed by atoms with van der Waals surface area (Å²) in [7, 11) is 0. The third kappa shape index (κ3) is 3.94. The van der Waals surface area contributed by atoms with Crippen LogP contribution in [0.5, 0.6) is 0 Å². The molecule has 3 rings (SSSR count). The van der Waals surface area contributed by atoms with Gasteiger partial charge in [0.25, 0.3) is 0 Å². The van der Waals surface area contributed by atoms with Gasteiger partial charge in [-0.05, 0) is 42.8 Å². The lowest BCUT2D eigenvalue weighted by Gasteiger charge is -2.16. The molecule has 0 unspecified atom stereocenters. The van der Waals surface area contributed by atoms with Gasteiger partial charge in [-0.25, -0.2) is 0 Å². The topological polar surface area (TPSA) is 62.0 Å². The number of quaternary nitrogens is 1. The number of hydrogen-bond donors (Lipinski definition) is 3. The Labute approximate surface area is 157 Å². The Balaban J connectivity index is 1.94. The van der Waals surface area contributed by atoms with E-state index in [1.807, 2.05) is 48.6 Å². The predicted octanol–water partition coefficient (Wildman–Crippen LogP) is 2.80. The van der Waals surface area contributed by atoms with Crippen LogP contribution in [0.2, 0.25) is 10.0 Å². The SMILES string of the molecule is CC[C@@H](CO)[NH2+]C[C@H](O)Cn1c2ccc(Cl)cc2c2cc(Cl)ccc21. The van der Waals surface area contributed by atoms with Crippen molar-refractivity contribution in [3.05, 3.63) is 46.4 Å². The van der Waals surface area contributed by atoms with E-state index in [1.54, 1.807) is 0 Å². The van der Waals surface area contributed by atoms with Gasteiger partial charge in [-0.2, -0.15) is 0 Å². The van der Waals surface area contributed by atoms with Gasteiger partial charge < -0.3 is 20.1 Å². The molecule has 0 aliphatic rings. The standard InChI is InChI=1S/C19H22Cl2N2O2/c1-2-14(11-24)22-9-15(25)10-23-18-5-3-12(20)7-16(18)17-8-13(21)4-6-19(17)23/h3-8,14-15,22,24-25H,2,9-11H2,1H3/p+1/t14-,15-/m0/s1. The highest BCUT2D eigenvalue weighted by Crippen LogP contribution is 2.32. The van der Waals surface area contributed by atoms with Crippen molar-refractivity contribution in [2.24, 2.45) is 0 Å². The first-order valence-corrected chi connectivity index (χ1v) is 9.28. The summed E-state index contributed by atoms with van der Waals surface area (Å²) in [6.45, 7) is 3.17. The van der Waals surface area contributed by atoms with E-state index in [4.69, 9.17) is 23.2 Å². The minimum Gasteiger partial charge on any atom is -0.390 e. The van der Waals surface area contributed by atoms with Crippen molar-refractivity contribution in [2.45, 2.75) is 32.0 Å². The average Bonchev–Trinajstić information content (AvgIpc) is 2.88. The smallest absolute Gasteiger partial charge is 0.121 e. The zero-order chi connectivity index (χ0) is 18.0. The lowest BCUT2D eigenvalue weighted by Crippen LogP contribution is -2.92. The molecule has 0 radical (unpaired) electrons. The second-order valence-corrected chi connectivity index (χ2v) is 7.28. The van der Waals surface area contributed by atoms with Crippen LogP contribution >= 0.6 is 23.2 Å². The fourth-order valence-corrected chi connectivity index (χ4v) is 3.59. The van der Waals surface area contributed by atoms with Gasteiger partial charge in [0.05, 0.1) is 13.2 Å². The number of hydrogen-bond acceptors (Lipinski definition) is 2. The van der Waals surface area contributed by atoms with Gasteiger partial charge in [0.2, 0.25) is 0 Å². The molecule has 0 saturated heterocycles. The third-order valence-electron chi connectivity index (χ3n) is 4.68. The Morgan fingerprint density at radius 1 is 1.04 bits per heavy atom. The lowest BCUT2D eigenvalue weighted by molar-refractivity contribution is -0.696. The highest BCUT2D eigenvalue weighted by molar-refractivity contribution is 6.33. The molecule has 2 aromatic carbocycles. The van der Waals surface area contributed by atoms with E-state index in [0.29, 0.717) is 23.1 Å². The zero-order valence-corrected chi connectivity index (χ0v) is 15.6. The van der Waals surface area contributed by atoms with Crippen molar-refractivity contribution in [3.63, 3.8) is 0 Å². The van der Waals surface area contributed by atoms with Crippen LogP contribution in [0.4, 0.5) is 0 Å². The minimum atomic E-state index is -0.522. The fourth-order valence-electron chi connectivity index (χ4n) is 3.25. The summed E-state index contributed by atoms with van der Waals surface area (Å²) in [5.74, 6) is 0. The molecule has 0 saturated carbocycles. The number of nitrogens with two attached hydrogens (primary N) is 1. The monoisotopic (exact) mass is 381 g/mol. The van der Waals surface area contributed by atoms with E-state index >= 15 is 0 Å². The first-order chi connectivity index (χ1) is 12.0. The quantitative estimate of drug-likeness (QED) is 0.589. The highest BCUT2D eigenvalue weighted by atomic mass is 35.5. The second-order valence-electron chi connectivity index (χ2n) is 6.41. The number of aliphatic hydroxyl groups excluding tert-OH is 2. The van der Waals surface area contributed by atoms with Gasteiger partial charge in [-0.15, -0.1) is 0 Å². The summed E-state index contributed by atoms with van der Waals surface area (Å²) in [5.41, 5.74) is 2.05. The molecule has 0 aliphatic carbocycles. The summed E-state index contributed by atoms with van der Waals surface area (Å²) in [4.78, 5) is 0. The first-order valence-electron chi connectivity index (χ1n) is 8.52. The molecule has 0 fully saturated rings. The number of benzene rings is 2. The van der Waals surface area contributed by atoms with Gasteiger partial charge in [0.1, 0.15) is 18.7 Å². The molecular formula is C19H23Cl2N2O2+. The van der Waals surface area contributed by atoms with E-state index < -0.39 is 6.10 Å². The van der Waals surface area contributed by atoms with E-state index in [-0.39, 0.29) is 12.6 Å². The summed E-state index contributed by atoms with van der Waals surface area (Å²) in [6, 6.07) is 11.7. The maximum atomic E-state index is 10.5. The first kappa shape index (κ1) is 18.5. The number of aliphatic hydroxyl groups is 2. The molecule has 1 heterocycles.